The van der Waals surface area contributed by atoms with E-state index in [1.54, 1.807) is 0 Å². The van der Waals surface area contributed by atoms with Crippen LogP contribution in [0.5, 0.6) is 0 Å². The van der Waals surface area contributed by atoms with Crippen LogP contribution in [0.25, 0.3) is 89.4 Å². The number of halogens is 8. The maximum absolute atomic E-state index is 15.4. The number of fused-ring (bicyclic) bond motifs is 20. The molecule has 9 rings (SSSR count). The number of benzene rings is 4. The zero-order chi connectivity index (χ0) is 33.2. The average molecular weight is 657 g/mol. The summed E-state index contributed by atoms with van der Waals surface area (Å²) in [7, 11) is 0. The number of nitrogens with zero attached hydrogens (tertiary/aromatic N) is 5. The minimum atomic E-state index is -1.01. The summed E-state index contributed by atoms with van der Waals surface area (Å²) in [5.41, 5.74) is -3.66. The molecule has 2 N–H and O–H groups in total. The predicted octanol–water partition coefficient (Wildman–Crippen LogP) is 8.59. The number of rotatable bonds is 0. The molecule has 3 aromatic heterocycles. The molecule has 0 fully saturated rings. The first-order chi connectivity index (χ1) is 23.1. The standard InChI is InChI=1S/C33H11F8N7/c34-10-1-3-12(36)22-20(10)18-9-19-21-11(35)2-4-13(37)23(21)29(43-19)45-31-25-15(39)6-8-17(41)27(25)33(47-31)48-32-26-16(40)7-5-14(38)24(26)30(46-32)44-28(22)42-18/h1-9H,(H2,42,43,44,45,46,47,48). The molecule has 48 heavy (non-hydrogen) atoms. The Morgan fingerprint density at radius 3 is 1.21 bits per heavy atom. The van der Waals surface area contributed by atoms with Gasteiger partial charge in [-0.1, -0.05) is 0 Å². The Balaban J connectivity index is 1.57. The molecule has 8 bridgehead atoms. The highest BCUT2D eigenvalue weighted by Crippen LogP contribution is 2.42. The van der Waals surface area contributed by atoms with Crippen molar-refractivity contribution >= 4 is 44.0 Å². The van der Waals surface area contributed by atoms with Gasteiger partial charge in [-0.05, 0) is 54.6 Å². The summed E-state index contributed by atoms with van der Waals surface area (Å²) in [5, 5.41) is -1.76. The van der Waals surface area contributed by atoms with Gasteiger partial charge in [0.2, 0.25) is 0 Å². The lowest BCUT2D eigenvalue weighted by Gasteiger charge is -2.02. The maximum Gasteiger partial charge on any atom is 0.167 e. The quantitative estimate of drug-likeness (QED) is 0.159. The van der Waals surface area contributed by atoms with Crippen LogP contribution in [0.3, 0.4) is 0 Å². The molecule has 15 heteroatoms. The first-order valence-electron chi connectivity index (χ1n) is 14.0. The first-order valence-corrected chi connectivity index (χ1v) is 14.0. The summed E-state index contributed by atoms with van der Waals surface area (Å²) in [4.78, 5) is 26.4. The molecule has 0 atom stereocenters. The van der Waals surface area contributed by atoms with Gasteiger partial charge in [0.1, 0.15) is 63.5 Å². The Kier molecular flexibility index (Phi) is 5.62. The van der Waals surface area contributed by atoms with Crippen molar-refractivity contribution in [2.45, 2.75) is 0 Å². The van der Waals surface area contributed by atoms with Crippen LogP contribution >= 0.6 is 0 Å². The van der Waals surface area contributed by atoms with Crippen molar-refractivity contribution in [2.75, 3.05) is 0 Å². The highest BCUT2D eigenvalue weighted by Gasteiger charge is 2.29. The molecular weight excluding hydrogens is 646 g/mol. The average Bonchev–Trinajstić information content (AvgIpc) is 3.80. The summed E-state index contributed by atoms with van der Waals surface area (Å²) < 4.78 is 123. The minimum Gasteiger partial charge on any atom is -0.339 e. The van der Waals surface area contributed by atoms with Crippen molar-refractivity contribution in [3.63, 3.8) is 0 Å². The number of aromatic nitrogens is 7. The van der Waals surface area contributed by atoms with Crippen LogP contribution in [0.15, 0.2) is 54.6 Å². The number of hydrogen-bond donors (Lipinski definition) is 2. The summed E-state index contributed by atoms with van der Waals surface area (Å²) in [5.74, 6) is -9.41. The maximum atomic E-state index is 15.4. The Morgan fingerprint density at radius 2 is 0.708 bits per heavy atom. The van der Waals surface area contributed by atoms with Crippen molar-refractivity contribution in [1.82, 2.24) is 34.9 Å². The van der Waals surface area contributed by atoms with E-state index in [9.17, 15) is 0 Å². The van der Waals surface area contributed by atoms with Crippen molar-refractivity contribution in [2.24, 2.45) is 0 Å². The van der Waals surface area contributed by atoms with Crippen LogP contribution in [0, 0.1) is 46.5 Å². The molecule has 0 saturated heterocycles. The number of hydrogen-bond acceptors (Lipinski definition) is 5. The molecule has 7 aromatic rings. The van der Waals surface area contributed by atoms with Gasteiger partial charge in [0.25, 0.3) is 0 Å². The first kappa shape index (κ1) is 28.0. The summed E-state index contributed by atoms with van der Waals surface area (Å²) in [6.45, 7) is 0. The fourth-order valence-corrected chi connectivity index (χ4v) is 6.16. The van der Waals surface area contributed by atoms with Crippen molar-refractivity contribution in [1.29, 1.82) is 0 Å². The Hall–Kier alpha value is -6.25. The fraction of sp³-hybridized carbons (Fsp3) is 0. The molecular formula is C33H11F8N7. The zero-order valence-corrected chi connectivity index (χ0v) is 23.5. The second-order valence-electron chi connectivity index (χ2n) is 10.9. The molecule has 0 radical (unpaired) electrons. The second kappa shape index (κ2) is 9.63. The van der Waals surface area contributed by atoms with Crippen LogP contribution in [-0.2, 0) is 0 Å². The third kappa shape index (κ3) is 3.77. The van der Waals surface area contributed by atoms with Gasteiger partial charge < -0.3 is 9.97 Å². The van der Waals surface area contributed by atoms with Crippen LogP contribution in [0.1, 0.15) is 0 Å². The Labute approximate surface area is 260 Å². The lowest BCUT2D eigenvalue weighted by molar-refractivity contribution is 0.606. The van der Waals surface area contributed by atoms with Gasteiger partial charge in [-0.3, -0.25) is 0 Å². The highest BCUT2D eigenvalue weighted by molar-refractivity contribution is 6.08. The zero-order valence-electron chi connectivity index (χ0n) is 23.5. The normalized spacial score (nSPS) is 12.2. The van der Waals surface area contributed by atoms with Gasteiger partial charge in [0, 0.05) is 5.39 Å². The van der Waals surface area contributed by atoms with Crippen molar-refractivity contribution < 1.29 is 35.1 Å². The fourth-order valence-electron chi connectivity index (χ4n) is 6.16. The highest BCUT2D eigenvalue weighted by atomic mass is 19.2. The van der Waals surface area contributed by atoms with Gasteiger partial charge in [-0.25, -0.2) is 60.0 Å². The summed E-state index contributed by atoms with van der Waals surface area (Å²) in [6, 6.07) is 7.57. The molecule has 0 aliphatic carbocycles. The monoisotopic (exact) mass is 657 g/mol. The lowest BCUT2D eigenvalue weighted by atomic mass is 10.0. The third-order valence-corrected chi connectivity index (χ3v) is 8.18. The molecule has 2 aliphatic heterocycles. The molecule has 2 aliphatic rings. The van der Waals surface area contributed by atoms with Gasteiger partial charge in [-0.15, -0.1) is 0 Å². The topological polar surface area (TPSA) is 96.0 Å². The summed E-state index contributed by atoms with van der Waals surface area (Å²) >= 11 is 0. The van der Waals surface area contributed by atoms with Crippen LogP contribution < -0.4 is 0 Å². The molecule has 0 spiro atoms. The van der Waals surface area contributed by atoms with Crippen LogP contribution in [0.2, 0.25) is 0 Å². The van der Waals surface area contributed by atoms with E-state index in [4.69, 9.17) is 0 Å². The van der Waals surface area contributed by atoms with Crippen LogP contribution in [-0.4, -0.2) is 34.9 Å². The Morgan fingerprint density at radius 1 is 0.354 bits per heavy atom. The predicted molar refractivity (Wildman–Crippen MR) is 158 cm³/mol. The lowest BCUT2D eigenvalue weighted by Crippen LogP contribution is -1.91. The molecule has 4 aromatic carbocycles. The molecule has 7 nitrogen and oxygen atoms in total. The van der Waals surface area contributed by atoms with E-state index in [0.717, 1.165) is 54.6 Å². The van der Waals surface area contributed by atoms with E-state index < -0.39 is 119 Å². The van der Waals surface area contributed by atoms with Gasteiger partial charge in [-0.2, -0.15) is 0 Å². The van der Waals surface area contributed by atoms with Gasteiger partial charge >= 0.3 is 0 Å². The third-order valence-electron chi connectivity index (χ3n) is 8.18. The molecule has 234 valence electrons. The van der Waals surface area contributed by atoms with E-state index in [1.807, 2.05) is 0 Å². The minimum absolute atomic E-state index is 0.212. The molecule has 5 heterocycles. The SMILES string of the molecule is Fc1ccc(F)c2c1-c1cc3[nH]c(nc4nc(nc5[nH]c(nc-2n1)c1c(F)ccc(F)c51)-c1c(F)ccc(F)c1-4)c1c(F)ccc(F)c31. The van der Waals surface area contributed by atoms with Crippen molar-refractivity contribution in [3.05, 3.63) is 101 Å². The van der Waals surface area contributed by atoms with E-state index in [-0.39, 0.29) is 16.6 Å². The number of H-pyrrole nitrogens is 2. The molecule has 0 amide bonds. The van der Waals surface area contributed by atoms with E-state index in [1.165, 1.54) is 0 Å². The van der Waals surface area contributed by atoms with Gasteiger partial charge in [0.05, 0.1) is 49.6 Å². The number of nitrogens with one attached hydrogen (secondary N) is 2. The van der Waals surface area contributed by atoms with Gasteiger partial charge in [0.15, 0.2) is 17.5 Å². The smallest absolute Gasteiger partial charge is 0.167 e. The molecule has 0 saturated carbocycles. The number of aromatic amines is 2. The van der Waals surface area contributed by atoms with E-state index in [0.29, 0.717) is 0 Å². The summed E-state index contributed by atoms with van der Waals surface area (Å²) in [6.07, 6.45) is 0. The van der Waals surface area contributed by atoms with Crippen LogP contribution in [0.4, 0.5) is 35.1 Å². The van der Waals surface area contributed by atoms with Crippen molar-refractivity contribution in [3.8, 4) is 45.4 Å². The second-order valence-corrected chi connectivity index (χ2v) is 10.9. The van der Waals surface area contributed by atoms with E-state index >= 15 is 35.1 Å². The van der Waals surface area contributed by atoms with E-state index in [2.05, 4.69) is 34.9 Å². The Bertz CT molecular complexity index is 2420. The molecule has 0 unspecified atom stereocenters. The largest absolute Gasteiger partial charge is 0.339 e.